The molecule has 1 heterocycles. The summed E-state index contributed by atoms with van der Waals surface area (Å²) in [4.78, 5) is 12.4. The number of benzene rings is 2. The molecule has 2 aromatic carbocycles. The molecule has 1 aliphatic rings. The number of hydrogen-bond donors (Lipinski definition) is 2. The number of carbonyl (C=O) groups is 1. The number of anilines is 1. The topological polar surface area (TPSA) is 44.4 Å². The fraction of sp³-hybridized carbons (Fsp3) is 0. The average molecular weight is 330 g/mol. The summed E-state index contributed by atoms with van der Waals surface area (Å²) in [6.45, 7) is 0. The van der Waals surface area contributed by atoms with Crippen LogP contribution in [-0.2, 0) is 4.79 Å². The van der Waals surface area contributed by atoms with Crippen LogP contribution < -0.4 is 10.7 Å². The van der Waals surface area contributed by atoms with E-state index in [-0.39, 0.29) is 5.91 Å². The normalized spacial score (nSPS) is 16.0. The van der Waals surface area contributed by atoms with Gasteiger partial charge in [0.25, 0.3) is 5.91 Å². The van der Waals surface area contributed by atoms with E-state index in [1.54, 1.807) is 18.2 Å². The summed E-state index contributed by atoms with van der Waals surface area (Å²) in [5.74, 6) is -0.233. The van der Waals surface area contributed by atoms with Crippen LogP contribution in [0.25, 0.3) is 6.08 Å². The molecule has 1 saturated heterocycles. The Hall–Kier alpha value is -2.37. The predicted molar refractivity (Wildman–Crippen MR) is 92.1 cm³/mol. The summed E-state index contributed by atoms with van der Waals surface area (Å²) >= 11 is 11.1. The first kappa shape index (κ1) is 14.6. The molecule has 0 saturated carbocycles. The van der Waals surface area contributed by atoms with E-state index in [4.69, 9.17) is 23.8 Å². The molecule has 22 heavy (non-hydrogen) atoms. The minimum atomic E-state index is -0.233. The summed E-state index contributed by atoms with van der Waals surface area (Å²) in [6.07, 6.45) is 1.73. The smallest absolute Gasteiger partial charge is 0.295 e. The van der Waals surface area contributed by atoms with E-state index in [1.165, 1.54) is 5.01 Å². The molecule has 0 radical (unpaired) electrons. The van der Waals surface area contributed by atoms with Crippen LogP contribution in [0.4, 0.5) is 5.69 Å². The number of nitrogens with zero attached hydrogens (tertiary/aromatic N) is 1. The van der Waals surface area contributed by atoms with E-state index >= 15 is 0 Å². The lowest BCUT2D eigenvalue weighted by Crippen LogP contribution is -2.35. The highest BCUT2D eigenvalue weighted by molar-refractivity contribution is 7.80. The molecule has 3 rings (SSSR count). The van der Waals surface area contributed by atoms with Crippen LogP contribution in [0.3, 0.4) is 0 Å². The Morgan fingerprint density at radius 2 is 1.77 bits per heavy atom. The summed E-state index contributed by atoms with van der Waals surface area (Å²) in [5.41, 5.74) is 5.05. The van der Waals surface area contributed by atoms with Gasteiger partial charge in [-0.1, -0.05) is 41.9 Å². The summed E-state index contributed by atoms with van der Waals surface area (Å²) in [6, 6.07) is 16.6. The van der Waals surface area contributed by atoms with Crippen molar-refractivity contribution in [3.63, 3.8) is 0 Å². The Labute approximate surface area is 138 Å². The van der Waals surface area contributed by atoms with Gasteiger partial charge in [-0.2, -0.15) is 5.01 Å². The fourth-order valence-corrected chi connectivity index (χ4v) is 2.37. The quantitative estimate of drug-likeness (QED) is 0.669. The third-order valence-electron chi connectivity index (χ3n) is 3.07. The third kappa shape index (κ3) is 3.10. The summed E-state index contributed by atoms with van der Waals surface area (Å²) in [7, 11) is 0. The monoisotopic (exact) mass is 329 g/mol. The molecule has 0 atom stereocenters. The second-order valence-corrected chi connectivity index (χ2v) is 5.48. The number of hydrazine groups is 1. The maximum absolute atomic E-state index is 12.4. The molecule has 0 spiro atoms. The molecule has 1 amide bonds. The van der Waals surface area contributed by atoms with Crippen molar-refractivity contribution in [3.05, 3.63) is 70.9 Å². The molecule has 2 aromatic rings. The van der Waals surface area contributed by atoms with Crippen molar-refractivity contribution < 1.29 is 4.79 Å². The summed E-state index contributed by atoms with van der Waals surface area (Å²) < 4.78 is 0. The first-order valence-corrected chi connectivity index (χ1v) is 7.36. The van der Waals surface area contributed by atoms with Crippen LogP contribution in [-0.4, -0.2) is 16.0 Å². The van der Waals surface area contributed by atoms with Crippen molar-refractivity contribution in [1.82, 2.24) is 10.3 Å². The number of rotatable bonds is 3. The number of hydrogen-bond acceptors (Lipinski definition) is 3. The van der Waals surface area contributed by atoms with Crippen LogP contribution in [0.5, 0.6) is 0 Å². The molecule has 1 fully saturated rings. The van der Waals surface area contributed by atoms with Crippen molar-refractivity contribution in [2.24, 2.45) is 0 Å². The van der Waals surface area contributed by atoms with Crippen LogP contribution in [0.1, 0.15) is 5.56 Å². The minimum absolute atomic E-state index is 0.233. The maximum Gasteiger partial charge on any atom is 0.295 e. The third-order valence-corrected chi connectivity index (χ3v) is 3.61. The van der Waals surface area contributed by atoms with Crippen molar-refractivity contribution in [1.29, 1.82) is 0 Å². The van der Waals surface area contributed by atoms with E-state index in [0.717, 1.165) is 11.3 Å². The first-order chi connectivity index (χ1) is 10.6. The standard InChI is InChI=1S/C16H12ClN3OS/c17-12-8-6-11(7-9-12)10-14-15(21)20(16(22)18-14)19-13-4-2-1-3-5-13/h1-10,19H,(H,18,22)/b14-10-. The molecule has 2 N–H and O–H groups in total. The molecule has 6 heteroatoms. The number of halogens is 1. The largest absolute Gasteiger partial charge is 0.326 e. The Bertz CT molecular complexity index is 744. The Morgan fingerprint density at radius 1 is 1.09 bits per heavy atom. The number of amides is 1. The Balaban J connectivity index is 1.80. The van der Waals surface area contributed by atoms with Gasteiger partial charge in [0.1, 0.15) is 5.70 Å². The van der Waals surface area contributed by atoms with Gasteiger partial charge >= 0.3 is 0 Å². The van der Waals surface area contributed by atoms with Gasteiger partial charge in [-0.15, -0.1) is 0 Å². The molecule has 0 aromatic heterocycles. The molecule has 0 bridgehead atoms. The number of nitrogens with one attached hydrogen (secondary N) is 2. The first-order valence-electron chi connectivity index (χ1n) is 6.58. The maximum atomic E-state index is 12.4. The lowest BCUT2D eigenvalue weighted by Gasteiger charge is -2.16. The molecular weight excluding hydrogens is 318 g/mol. The van der Waals surface area contributed by atoms with Gasteiger partial charge in [0.15, 0.2) is 5.11 Å². The Morgan fingerprint density at radius 3 is 2.45 bits per heavy atom. The van der Waals surface area contributed by atoms with Gasteiger partial charge in [0.2, 0.25) is 0 Å². The summed E-state index contributed by atoms with van der Waals surface area (Å²) in [5, 5.41) is 5.19. The van der Waals surface area contributed by atoms with E-state index in [2.05, 4.69) is 10.7 Å². The minimum Gasteiger partial charge on any atom is -0.326 e. The van der Waals surface area contributed by atoms with Gasteiger partial charge in [0, 0.05) is 5.02 Å². The van der Waals surface area contributed by atoms with Crippen molar-refractivity contribution in [3.8, 4) is 0 Å². The molecule has 110 valence electrons. The molecule has 0 unspecified atom stereocenters. The molecule has 4 nitrogen and oxygen atoms in total. The zero-order valence-corrected chi connectivity index (χ0v) is 13.0. The zero-order chi connectivity index (χ0) is 15.5. The highest BCUT2D eigenvalue weighted by Gasteiger charge is 2.30. The second-order valence-electron chi connectivity index (χ2n) is 4.66. The van der Waals surface area contributed by atoms with Crippen LogP contribution in [0.2, 0.25) is 5.02 Å². The lowest BCUT2D eigenvalue weighted by molar-refractivity contribution is -0.121. The molecule has 0 aliphatic carbocycles. The van der Waals surface area contributed by atoms with Gasteiger partial charge < -0.3 is 5.32 Å². The van der Waals surface area contributed by atoms with Crippen LogP contribution in [0, 0.1) is 0 Å². The SMILES string of the molecule is O=C1/C(=C/c2ccc(Cl)cc2)NC(=S)N1Nc1ccccc1. The van der Waals surface area contributed by atoms with Crippen molar-refractivity contribution in [2.45, 2.75) is 0 Å². The number of carbonyl (C=O) groups excluding carboxylic acids is 1. The van der Waals surface area contributed by atoms with Crippen LogP contribution in [0.15, 0.2) is 60.3 Å². The fourth-order valence-electron chi connectivity index (χ4n) is 2.00. The van der Waals surface area contributed by atoms with Crippen LogP contribution >= 0.6 is 23.8 Å². The molecular formula is C16H12ClN3OS. The lowest BCUT2D eigenvalue weighted by atomic mass is 10.2. The van der Waals surface area contributed by atoms with E-state index < -0.39 is 0 Å². The van der Waals surface area contributed by atoms with Gasteiger partial charge in [-0.25, -0.2) is 0 Å². The van der Waals surface area contributed by atoms with Gasteiger partial charge in [-0.05, 0) is 48.1 Å². The number of thiocarbonyl (C=S) groups is 1. The predicted octanol–water partition coefficient (Wildman–Crippen LogP) is 3.42. The highest BCUT2D eigenvalue weighted by atomic mass is 35.5. The number of para-hydroxylation sites is 1. The van der Waals surface area contributed by atoms with Gasteiger partial charge in [0.05, 0.1) is 5.69 Å². The highest BCUT2D eigenvalue weighted by Crippen LogP contribution is 2.17. The Kier molecular flexibility index (Phi) is 4.09. The van der Waals surface area contributed by atoms with E-state index in [1.807, 2.05) is 42.5 Å². The van der Waals surface area contributed by atoms with E-state index in [9.17, 15) is 4.79 Å². The zero-order valence-electron chi connectivity index (χ0n) is 11.4. The van der Waals surface area contributed by atoms with Crippen molar-refractivity contribution >= 4 is 46.6 Å². The van der Waals surface area contributed by atoms with Gasteiger partial charge in [-0.3, -0.25) is 10.2 Å². The second kappa shape index (κ2) is 6.17. The average Bonchev–Trinajstić information content (AvgIpc) is 2.78. The van der Waals surface area contributed by atoms with Crippen molar-refractivity contribution in [2.75, 3.05) is 5.43 Å². The van der Waals surface area contributed by atoms with E-state index in [0.29, 0.717) is 15.8 Å². The molecule has 1 aliphatic heterocycles.